The van der Waals surface area contributed by atoms with Crippen LogP contribution in [0.3, 0.4) is 0 Å². The summed E-state index contributed by atoms with van der Waals surface area (Å²) in [5.74, 6) is 1.15. The number of hydrogen-bond acceptors (Lipinski definition) is 4. The van der Waals surface area contributed by atoms with E-state index in [9.17, 15) is 14.0 Å². The molecule has 0 aromatic heterocycles. The number of rotatable bonds is 6. The molecule has 8 atom stereocenters. The number of nitrogens with one attached hydrogen (secondary N) is 1. The smallest absolute Gasteiger partial charge is 0.407 e. The summed E-state index contributed by atoms with van der Waals surface area (Å²) >= 11 is 0. The number of esters is 1. The Bertz CT molecular complexity index is 1200. The van der Waals surface area contributed by atoms with E-state index in [-0.39, 0.29) is 44.2 Å². The Morgan fingerprint density at radius 3 is 2.82 bits per heavy atom. The highest BCUT2D eigenvalue weighted by atomic mass is 19.1. The maximum atomic E-state index is 13.8. The molecule has 0 bridgehead atoms. The van der Waals surface area contributed by atoms with E-state index < -0.39 is 0 Å². The average molecular weight is 540 g/mol. The zero-order valence-electron chi connectivity index (χ0n) is 23.6. The number of fused-ring (bicyclic) bond motifs is 2. The molecule has 4 aliphatic rings. The first-order valence-electron chi connectivity index (χ1n) is 14.7. The summed E-state index contributed by atoms with van der Waals surface area (Å²) in [4.78, 5) is 25.0. The van der Waals surface area contributed by atoms with Crippen molar-refractivity contribution in [2.75, 3.05) is 6.61 Å². The SMILES string of the molecule is CCOC(=O)N[C@@H]1CC[C@H]2[C@H](C1)C[C@@H]1C(=O)O[C@H](C)[C@@]1(C)[C@@H]2C/C=C/C1=CC=C(c2cccc(F)c2)C(C)C1.[HH].[HH]. The molecule has 5 nitrogen and oxygen atoms in total. The van der Waals surface area contributed by atoms with E-state index in [1.165, 1.54) is 17.2 Å². The third-order valence-corrected chi connectivity index (χ3v) is 10.1. The summed E-state index contributed by atoms with van der Waals surface area (Å²) < 4.78 is 24.7. The molecule has 1 amide bonds. The fourth-order valence-electron chi connectivity index (χ4n) is 8.01. The summed E-state index contributed by atoms with van der Waals surface area (Å²) in [5.41, 5.74) is 3.19. The van der Waals surface area contributed by atoms with Gasteiger partial charge in [-0.05, 0) is 105 Å². The van der Waals surface area contributed by atoms with E-state index >= 15 is 0 Å². The van der Waals surface area contributed by atoms with Gasteiger partial charge in [-0.25, -0.2) is 9.18 Å². The average Bonchev–Trinajstić information content (AvgIpc) is 3.11. The number of amides is 1. The maximum Gasteiger partial charge on any atom is 0.407 e. The molecule has 1 saturated heterocycles. The summed E-state index contributed by atoms with van der Waals surface area (Å²) in [6, 6.07) is 6.92. The Hall–Kier alpha value is -2.89. The predicted octanol–water partition coefficient (Wildman–Crippen LogP) is 7.73. The highest BCUT2D eigenvalue weighted by Crippen LogP contribution is 2.60. The molecule has 3 aliphatic carbocycles. The first-order chi connectivity index (χ1) is 18.7. The number of cyclic esters (lactones) is 1. The predicted molar refractivity (Wildman–Crippen MR) is 154 cm³/mol. The third-order valence-electron chi connectivity index (χ3n) is 10.1. The largest absolute Gasteiger partial charge is 0.462 e. The van der Waals surface area contributed by atoms with Crippen LogP contribution in [0.4, 0.5) is 9.18 Å². The highest BCUT2D eigenvalue weighted by Gasteiger charge is 2.62. The molecule has 2 saturated carbocycles. The minimum Gasteiger partial charge on any atom is -0.462 e. The van der Waals surface area contributed by atoms with Crippen molar-refractivity contribution in [1.29, 1.82) is 0 Å². The van der Waals surface area contributed by atoms with Gasteiger partial charge in [0.05, 0.1) is 12.5 Å². The molecule has 5 rings (SSSR count). The lowest BCUT2D eigenvalue weighted by atomic mass is 9.50. The van der Waals surface area contributed by atoms with Crippen LogP contribution in [0.1, 0.15) is 74.6 Å². The first kappa shape index (κ1) is 27.7. The van der Waals surface area contributed by atoms with E-state index in [1.54, 1.807) is 12.1 Å². The lowest BCUT2D eigenvalue weighted by Crippen LogP contribution is -2.53. The zero-order chi connectivity index (χ0) is 27.7. The van der Waals surface area contributed by atoms with E-state index in [4.69, 9.17) is 9.47 Å². The lowest BCUT2D eigenvalue weighted by Gasteiger charge is -2.53. The van der Waals surface area contributed by atoms with Gasteiger partial charge in [-0.2, -0.15) is 0 Å². The summed E-state index contributed by atoms with van der Waals surface area (Å²) in [5, 5.41) is 3.04. The molecule has 3 fully saturated rings. The van der Waals surface area contributed by atoms with Gasteiger partial charge in [-0.3, -0.25) is 4.79 Å². The molecule has 0 radical (unpaired) electrons. The van der Waals surface area contributed by atoms with Gasteiger partial charge >= 0.3 is 12.1 Å². The van der Waals surface area contributed by atoms with E-state index in [0.717, 1.165) is 44.1 Å². The van der Waals surface area contributed by atoms with Crippen molar-refractivity contribution in [1.82, 2.24) is 5.32 Å². The Labute approximate surface area is 234 Å². The first-order valence-corrected chi connectivity index (χ1v) is 14.7. The molecular weight excluding hydrogens is 493 g/mol. The number of halogens is 1. The molecule has 6 heteroatoms. The number of hydrogen-bond donors (Lipinski definition) is 1. The monoisotopic (exact) mass is 539 g/mol. The summed E-state index contributed by atoms with van der Waals surface area (Å²) in [6.07, 6.45) is 13.9. The fraction of sp³-hybridized carbons (Fsp3) is 0.576. The second-order valence-electron chi connectivity index (χ2n) is 12.3. The molecule has 1 heterocycles. The molecule has 214 valence electrons. The van der Waals surface area contributed by atoms with Gasteiger partial charge in [0.25, 0.3) is 0 Å². The number of allylic oxidation sites excluding steroid dienone is 6. The molecule has 1 unspecified atom stereocenters. The van der Waals surface area contributed by atoms with Gasteiger partial charge < -0.3 is 14.8 Å². The number of benzene rings is 1. The van der Waals surface area contributed by atoms with Gasteiger partial charge in [0.15, 0.2) is 0 Å². The van der Waals surface area contributed by atoms with Crippen molar-refractivity contribution in [3.8, 4) is 0 Å². The number of carbonyl (C=O) groups is 2. The minimum absolute atomic E-state index is 0. The summed E-state index contributed by atoms with van der Waals surface area (Å²) in [6.45, 7) is 8.70. The van der Waals surface area contributed by atoms with Crippen molar-refractivity contribution in [2.45, 2.75) is 78.4 Å². The molecule has 1 aromatic rings. The van der Waals surface area contributed by atoms with Crippen LogP contribution in [0.25, 0.3) is 5.57 Å². The molecule has 0 spiro atoms. The van der Waals surface area contributed by atoms with E-state index in [0.29, 0.717) is 30.3 Å². The van der Waals surface area contributed by atoms with Crippen molar-refractivity contribution >= 4 is 17.6 Å². The number of alkyl carbamates (subject to hydrolysis) is 1. The minimum atomic E-state index is -0.348. The fourth-order valence-corrected chi connectivity index (χ4v) is 8.01. The van der Waals surface area contributed by atoms with E-state index in [2.05, 4.69) is 50.4 Å². The van der Waals surface area contributed by atoms with Crippen LogP contribution in [0.2, 0.25) is 0 Å². The second kappa shape index (κ2) is 11.3. The number of ether oxygens (including phenoxy) is 2. The Balaban J connectivity index is 0.00000231. The molecule has 1 aromatic carbocycles. The van der Waals surface area contributed by atoms with E-state index in [1.807, 2.05) is 13.0 Å². The standard InChI is InChI=1S/C33H42FNO4.2H2/c1-5-38-32(37)35-26-13-15-28-24(18-26)19-30-31(36)39-21(3)33(30,4)29(28)11-6-8-22-12-14-27(20(2)16-22)23-9-7-10-25(34)17-23;;/h6-10,12,14,17,20-21,24,26,28-30H,5,11,13,15-16,18-19H2,1-4H3,(H,35,37);2*1H/b8-6+;;/t20?,21-,24-,26-,28+,29-,30-,33+;;/m1../s1. The Kier molecular flexibility index (Phi) is 8.02. The molecule has 39 heavy (non-hydrogen) atoms. The highest BCUT2D eigenvalue weighted by molar-refractivity contribution is 5.76. The van der Waals surface area contributed by atoms with Crippen LogP contribution >= 0.6 is 0 Å². The zero-order valence-corrected chi connectivity index (χ0v) is 23.6. The van der Waals surface area contributed by atoms with Crippen LogP contribution in [-0.2, 0) is 14.3 Å². The normalized spacial score (nSPS) is 35.9. The third kappa shape index (κ3) is 5.44. The van der Waals surface area contributed by atoms with Crippen molar-refractivity contribution in [3.05, 3.63) is 65.5 Å². The Morgan fingerprint density at radius 1 is 1.26 bits per heavy atom. The number of carbonyl (C=O) groups excluding carboxylic acids is 2. The van der Waals surface area contributed by atoms with Crippen LogP contribution in [0.15, 0.2) is 54.1 Å². The van der Waals surface area contributed by atoms with Crippen LogP contribution in [-0.4, -0.2) is 30.8 Å². The van der Waals surface area contributed by atoms with Gasteiger partial charge in [-0.15, -0.1) is 0 Å². The quantitative estimate of drug-likeness (QED) is 0.376. The lowest BCUT2D eigenvalue weighted by molar-refractivity contribution is -0.144. The van der Waals surface area contributed by atoms with Gasteiger partial charge in [0.1, 0.15) is 11.9 Å². The van der Waals surface area contributed by atoms with Crippen LogP contribution in [0.5, 0.6) is 0 Å². The van der Waals surface area contributed by atoms with Gasteiger partial charge in [0.2, 0.25) is 0 Å². The van der Waals surface area contributed by atoms with Gasteiger partial charge in [-0.1, -0.05) is 50.3 Å². The van der Waals surface area contributed by atoms with Crippen molar-refractivity contribution in [3.63, 3.8) is 0 Å². The van der Waals surface area contributed by atoms with Gasteiger partial charge in [0, 0.05) is 14.3 Å². The maximum absolute atomic E-state index is 13.8. The Morgan fingerprint density at radius 2 is 2.08 bits per heavy atom. The van der Waals surface area contributed by atoms with Crippen LogP contribution < -0.4 is 5.32 Å². The molecular formula is C33H46FNO4. The van der Waals surface area contributed by atoms with Crippen molar-refractivity contribution in [2.24, 2.45) is 35.0 Å². The topological polar surface area (TPSA) is 64.6 Å². The summed E-state index contributed by atoms with van der Waals surface area (Å²) in [7, 11) is 0. The molecule has 1 aliphatic heterocycles. The van der Waals surface area contributed by atoms with Crippen molar-refractivity contribution < 1.29 is 26.3 Å². The van der Waals surface area contributed by atoms with Crippen LogP contribution in [0, 0.1) is 40.8 Å². The second-order valence-corrected chi connectivity index (χ2v) is 12.3. The molecule has 1 N–H and O–H groups in total.